The van der Waals surface area contributed by atoms with Crippen LogP contribution in [0.3, 0.4) is 0 Å². The highest BCUT2D eigenvalue weighted by Crippen LogP contribution is 2.29. The van der Waals surface area contributed by atoms with Crippen LogP contribution in [-0.2, 0) is 4.79 Å². The first-order valence-electron chi connectivity index (χ1n) is 13.8. The van der Waals surface area contributed by atoms with Crippen molar-refractivity contribution in [1.82, 2.24) is 9.66 Å². The van der Waals surface area contributed by atoms with E-state index in [1.165, 1.54) is 29.1 Å². The lowest BCUT2D eigenvalue weighted by Gasteiger charge is -2.13. The number of para-hydroxylation sites is 3. The number of nitrogens with one attached hydrogen (secondary N) is 1. The first-order chi connectivity index (χ1) is 21.5. The molecular weight excluding hydrogens is 559 g/mol. The summed E-state index contributed by atoms with van der Waals surface area (Å²) in [6, 6.07) is 33.5. The molecule has 0 spiro atoms. The number of carbonyl (C=O) groups is 1. The quantitative estimate of drug-likeness (QED) is 0.204. The first kappa shape index (κ1) is 26.8. The van der Waals surface area contributed by atoms with Gasteiger partial charge in [-0.25, -0.2) is 9.37 Å². The highest BCUT2D eigenvalue weighted by Gasteiger charge is 2.17. The van der Waals surface area contributed by atoms with E-state index in [2.05, 4.69) is 10.4 Å². The van der Waals surface area contributed by atoms with E-state index < -0.39 is 11.7 Å². The first-order valence-corrected chi connectivity index (χ1v) is 13.8. The van der Waals surface area contributed by atoms with Crippen LogP contribution in [0.1, 0.15) is 5.56 Å². The van der Waals surface area contributed by atoms with Crippen molar-refractivity contribution in [3.8, 4) is 17.3 Å². The molecule has 0 unspecified atom stereocenters. The van der Waals surface area contributed by atoms with Crippen LogP contribution >= 0.6 is 0 Å². The van der Waals surface area contributed by atoms with E-state index in [0.29, 0.717) is 33.6 Å². The summed E-state index contributed by atoms with van der Waals surface area (Å²) in [7, 11) is 0. The monoisotopic (exact) mass is 582 g/mol. The minimum absolute atomic E-state index is 0.0580. The lowest BCUT2D eigenvalue weighted by molar-refractivity contribution is -0.118. The van der Waals surface area contributed by atoms with Crippen LogP contribution < -0.4 is 15.6 Å². The molecule has 1 amide bonds. The fraction of sp³-hybridized carbons (Fsp3) is 0.0286. The molecule has 2 aromatic heterocycles. The fourth-order valence-corrected chi connectivity index (χ4v) is 5.02. The average Bonchev–Trinajstić information content (AvgIpc) is 3.49. The fourth-order valence-electron chi connectivity index (χ4n) is 5.02. The SMILES string of the molecule is O=C(COc1ccc2ccccc2c1C=Nn1c(-c2cc3ccccc3o2)nc2ccccc2c1=O)Nc1ccccc1F. The molecule has 7 aromatic rings. The molecule has 9 heteroatoms. The average molecular weight is 583 g/mol. The molecular formula is C35H23FN4O4. The predicted octanol–water partition coefficient (Wildman–Crippen LogP) is 7.00. The molecule has 0 saturated heterocycles. The van der Waals surface area contributed by atoms with Crippen molar-refractivity contribution in [3.63, 3.8) is 0 Å². The van der Waals surface area contributed by atoms with E-state index >= 15 is 0 Å². The molecule has 44 heavy (non-hydrogen) atoms. The van der Waals surface area contributed by atoms with Crippen molar-refractivity contribution in [2.24, 2.45) is 5.10 Å². The maximum Gasteiger partial charge on any atom is 0.282 e. The van der Waals surface area contributed by atoms with Crippen LogP contribution in [0, 0.1) is 5.82 Å². The Labute approximate surface area is 249 Å². The zero-order chi connectivity index (χ0) is 30.0. The molecule has 0 radical (unpaired) electrons. The van der Waals surface area contributed by atoms with Gasteiger partial charge in [-0.15, -0.1) is 0 Å². The molecule has 5 aromatic carbocycles. The van der Waals surface area contributed by atoms with Gasteiger partial charge in [0.15, 0.2) is 12.4 Å². The van der Waals surface area contributed by atoms with Crippen molar-refractivity contribution in [1.29, 1.82) is 0 Å². The number of aromatic nitrogens is 2. The van der Waals surface area contributed by atoms with E-state index in [0.717, 1.165) is 16.2 Å². The molecule has 0 saturated carbocycles. The number of ether oxygens (including phenoxy) is 1. The van der Waals surface area contributed by atoms with Crippen molar-refractivity contribution in [2.75, 3.05) is 11.9 Å². The van der Waals surface area contributed by atoms with Gasteiger partial charge in [-0.2, -0.15) is 9.78 Å². The van der Waals surface area contributed by atoms with E-state index in [9.17, 15) is 14.0 Å². The summed E-state index contributed by atoms with van der Waals surface area (Å²) in [5, 5.41) is 10.1. The molecule has 0 fully saturated rings. The Morgan fingerprint density at radius 3 is 2.45 bits per heavy atom. The zero-order valence-electron chi connectivity index (χ0n) is 23.1. The van der Waals surface area contributed by atoms with Gasteiger partial charge >= 0.3 is 0 Å². The Bertz CT molecular complexity index is 2260. The summed E-state index contributed by atoms with van der Waals surface area (Å²) in [6.07, 6.45) is 1.51. The number of amides is 1. The maximum absolute atomic E-state index is 14.0. The zero-order valence-corrected chi connectivity index (χ0v) is 23.1. The number of benzene rings is 5. The minimum atomic E-state index is -0.547. The molecule has 8 nitrogen and oxygen atoms in total. The summed E-state index contributed by atoms with van der Waals surface area (Å²) in [5.74, 6) is -0.121. The van der Waals surface area contributed by atoms with Gasteiger partial charge < -0.3 is 14.5 Å². The van der Waals surface area contributed by atoms with Crippen molar-refractivity contribution < 1.29 is 18.3 Å². The third kappa shape index (κ3) is 5.07. The highest BCUT2D eigenvalue weighted by molar-refractivity contribution is 6.03. The van der Waals surface area contributed by atoms with Crippen LogP contribution in [0.5, 0.6) is 5.75 Å². The van der Waals surface area contributed by atoms with Crippen molar-refractivity contribution in [2.45, 2.75) is 0 Å². The third-order valence-corrected chi connectivity index (χ3v) is 7.14. The Morgan fingerprint density at radius 2 is 1.61 bits per heavy atom. The van der Waals surface area contributed by atoms with E-state index in [4.69, 9.17) is 14.1 Å². The second kappa shape index (κ2) is 11.3. The van der Waals surface area contributed by atoms with Gasteiger partial charge in [0.05, 0.1) is 22.8 Å². The van der Waals surface area contributed by atoms with Crippen molar-refractivity contribution in [3.05, 3.63) is 137 Å². The summed E-state index contributed by atoms with van der Waals surface area (Å²) in [5.41, 5.74) is 1.38. The number of rotatable bonds is 7. The smallest absolute Gasteiger partial charge is 0.282 e. The Hall–Kier alpha value is -6.09. The summed E-state index contributed by atoms with van der Waals surface area (Å²) in [6.45, 7) is -0.380. The van der Waals surface area contributed by atoms with Gasteiger partial charge in [-0.05, 0) is 53.2 Å². The van der Waals surface area contributed by atoms with Gasteiger partial charge in [-0.3, -0.25) is 9.59 Å². The molecule has 0 bridgehead atoms. The predicted molar refractivity (Wildman–Crippen MR) is 169 cm³/mol. The molecule has 1 N–H and O–H groups in total. The van der Waals surface area contributed by atoms with E-state index in [1.807, 2.05) is 66.7 Å². The Kier molecular flexibility index (Phi) is 6.88. The molecule has 0 aliphatic carbocycles. The van der Waals surface area contributed by atoms with Gasteiger partial charge in [0, 0.05) is 10.9 Å². The maximum atomic E-state index is 14.0. The molecule has 7 rings (SSSR count). The van der Waals surface area contributed by atoms with Crippen LogP contribution in [-0.4, -0.2) is 28.4 Å². The van der Waals surface area contributed by atoms with Crippen LogP contribution in [0.25, 0.3) is 44.2 Å². The second-order valence-electron chi connectivity index (χ2n) is 9.98. The van der Waals surface area contributed by atoms with Crippen LogP contribution in [0.15, 0.2) is 130 Å². The lowest BCUT2D eigenvalue weighted by atomic mass is 10.0. The number of hydrogen-bond donors (Lipinski definition) is 1. The molecule has 0 atom stereocenters. The number of nitrogens with zero attached hydrogens (tertiary/aromatic N) is 3. The lowest BCUT2D eigenvalue weighted by Crippen LogP contribution is -2.21. The topological polar surface area (TPSA) is 98.7 Å². The summed E-state index contributed by atoms with van der Waals surface area (Å²) in [4.78, 5) is 31.2. The number of hydrogen-bond acceptors (Lipinski definition) is 6. The number of furan rings is 1. The van der Waals surface area contributed by atoms with E-state index in [-0.39, 0.29) is 23.7 Å². The molecule has 214 valence electrons. The van der Waals surface area contributed by atoms with E-state index in [1.54, 1.807) is 30.3 Å². The van der Waals surface area contributed by atoms with Gasteiger partial charge in [0.25, 0.3) is 11.5 Å². The van der Waals surface area contributed by atoms with Crippen LogP contribution in [0.4, 0.5) is 10.1 Å². The minimum Gasteiger partial charge on any atom is -0.483 e. The largest absolute Gasteiger partial charge is 0.483 e. The molecule has 0 aliphatic rings. The Balaban J connectivity index is 1.31. The van der Waals surface area contributed by atoms with Gasteiger partial charge in [-0.1, -0.05) is 72.8 Å². The standard InChI is InChI=1S/C35H23FN4O4/c36-27-13-5-7-15-29(27)38-33(41)21-43-31-18-17-22-9-1-3-11-24(22)26(31)20-37-40-34(32-19-23-10-2-8-16-30(23)44-32)39-28-14-6-4-12-25(28)35(40)42/h1-20H,21H2,(H,38,41). The normalized spacial score (nSPS) is 11.5. The van der Waals surface area contributed by atoms with Gasteiger partial charge in [0.1, 0.15) is 17.1 Å². The summed E-state index contributed by atoms with van der Waals surface area (Å²) >= 11 is 0. The molecule has 0 aliphatic heterocycles. The number of anilines is 1. The third-order valence-electron chi connectivity index (χ3n) is 7.14. The molecule has 2 heterocycles. The Morgan fingerprint density at radius 1 is 0.886 bits per heavy atom. The number of fused-ring (bicyclic) bond motifs is 3. The van der Waals surface area contributed by atoms with Gasteiger partial charge in [0.2, 0.25) is 5.82 Å². The number of carbonyl (C=O) groups excluding carboxylic acids is 1. The number of halogens is 1. The van der Waals surface area contributed by atoms with Crippen LogP contribution in [0.2, 0.25) is 0 Å². The van der Waals surface area contributed by atoms with Crippen molar-refractivity contribution >= 4 is 50.5 Å². The second-order valence-corrected chi connectivity index (χ2v) is 9.98. The summed E-state index contributed by atoms with van der Waals surface area (Å²) < 4.78 is 27.2. The highest BCUT2D eigenvalue weighted by atomic mass is 19.1.